The average Bonchev–Trinajstić information content (AvgIpc) is 3.35. The van der Waals surface area contributed by atoms with Crippen LogP contribution in [0.15, 0.2) is 52.7 Å². The summed E-state index contributed by atoms with van der Waals surface area (Å²) in [6, 6.07) is 11.9. The molecular weight excluding hydrogens is 414 g/mol. The maximum absolute atomic E-state index is 12.4. The largest absolute Gasteiger partial charge is 0.454 e. The minimum atomic E-state index is -3.76. The van der Waals surface area contributed by atoms with Gasteiger partial charge in [0.25, 0.3) is 15.9 Å². The number of anilines is 1. The van der Waals surface area contributed by atoms with E-state index in [4.69, 9.17) is 9.47 Å². The third kappa shape index (κ3) is 4.33. The summed E-state index contributed by atoms with van der Waals surface area (Å²) in [7, 11) is -3.76. The molecule has 0 radical (unpaired) electrons. The second-order valence-electron chi connectivity index (χ2n) is 6.33. The van der Waals surface area contributed by atoms with Gasteiger partial charge < -0.3 is 14.8 Å². The molecule has 10 heteroatoms. The van der Waals surface area contributed by atoms with Crippen LogP contribution in [0.2, 0.25) is 0 Å². The summed E-state index contributed by atoms with van der Waals surface area (Å²) in [5.41, 5.74) is 1.94. The van der Waals surface area contributed by atoms with Crippen molar-refractivity contribution >= 4 is 32.4 Å². The van der Waals surface area contributed by atoms with Crippen LogP contribution >= 0.6 is 11.3 Å². The molecule has 8 nitrogen and oxygen atoms in total. The van der Waals surface area contributed by atoms with Crippen LogP contribution < -0.4 is 19.5 Å². The number of carbonyl (C=O) groups is 1. The molecule has 29 heavy (non-hydrogen) atoms. The maximum Gasteiger partial charge on any atom is 0.271 e. The molecule has 1 aliphatic rings. The number of hydrogen-bond donors (Lipinski definition) is 2. The first-order valence-electron chi connectivity index (χ1n) is 8.62. The van der Waals surface area contributed by atoms with Crippen LogP contribution in [0, 0.1) is 6.92 Å². The van der Waals surface area contributed by atoms with Gasteiger partial charge >= 0.3 is 0 Å². The Hall–Kier alpha value is -3.11. The normalized spacial score (nSPS) is 12.6. The van der Waals surface area contributed by atoms with Crippen LogP contribution in [0.25, 0.3) is 0 Å². The van der Waals surface area contributed by atoms with Crippen molar-refractivity contribution in [2.24, 2.45) is 0 Å². The molecule has 150 valence electrons. The molecule has 0 aliphatic carbocycles. The number of nitrogens with one attached hydrogen (secondary N) is 2. The number of thiazole rings is 1. The van der Waals surface area contributed by atoms with E-state index in [2.05, 4.69) is 15.0 Å². The van der Waals surface area contributed by atoms with Crippen molar-refractivity contribution in [1.29, 1.82) is 0 Å². The zero-order valence-corrected chi connectivity index (χ0v) is 17.0. The zero-order chi connectivity index (χ0) is 20.4. The molecule has 3 aromatic rings. The molecule has 1 amide bonds. The van der Waals surface area contributed by atoms with E-state index in [-0.39, 0.29) is 29.1 Å². The lowest BCUT2D eigenvalue weighted by atomic mass is 10.2. The van der Waals surface area contributed by atoms with Crippen LogP contribution in [-0.2, 0) is 16.6 Å². The summed E-state index contributed by atoms with van der Waals surface area (Å²) in [4.78, 5) is 16.5. The quantitative estimate of drug-likeness (QED) is 0.622. The number of amides is 1. The number of fused-ring (bicyclic) bond motifs is 1. The summed E-state index contributed by atoms with van der Waals surface area (Å²) in [5.74, 6) is 0.906. The summed E-state index contributed by atoms with van der Waals surface area (Å²) in [5, 5.41) is 4.38. The first-order valence-corrected chi connectivity index (χ1v) is 11.0. The Labute approximate surface area is 171 Å². The molecule has 0 spiro atoms. The van der Waals surface area contributed by atoms with Gasteiger partial charge in [-0.15, -0.1) is 11.3 Å². The molecule has 0 bridgehead atoms. The smallest absolute Gasteiger partial charge is 0.271 e. The first kappa shape index (κ1) is 19.2. The third-order valence-electron chi connectivity index (χ3n) is 4.18. The van der Waals surface area contributed by atoms with Gasteiger partial charge in [-0.25, -0.2) is 13.4 Å². The molecule has 0 saturated heterocycles. The Balaban J connectivity index is 1.39. The van der Waals surface area contributed by atoms with Gasteiger partial charge in [0.05, 0.1) is 4.90 Å². The predicted molar refractivity (Wildman–Crippen MR) is 108 cm³/mol. The van der Waals surface area contributed by atoms with Crippen molar-refractivity contribution in [2.45, 2.75) is 18.4 Å². The Kier molecular flexibility index (Phi) is 5.12. The fourth-order valence-electron chi connectivity index (χ4n) is 2.64. The second-order valence-corrected chi connectivity index (χ2v) is 8.87. The highest BCUT2D eigenvalue weighted by Gasteiger charge is 2.18. The standard InChI is InChI=1S/C19H17N3O5S2/c1-12-2-5-14(6-3-12)29(24,25)22-19-21-15(10-28-19)18(23)20-9-13-4-7-16-17(8-13)27-11-26-16/h2-8,10H,9,11H2,1H3,(H,20,23)(H,21,22). The van der Waals surface area contributed by atoms with Gasteiger partial charge in [0.2, 0.25) is 6.79 Å². The lowest BCUT2D eigenvalue weighted by Gasteiger charge is -2.06. The minimum absolute atomic E-state index is 0.124. The number of benzene rings is 2. The number of nitrogens with zero attached hydrogens (tertiary/aromatic N) is 1. The fraction of sp³-hybridized carbons (Fsp3) is 0.158. The van der Waals surface area contributed by atoms with E-state index in [9.17, 15) is 13.2 Å². The molecule has 0 unspecified atom stereocenters. The van der Waals surface area contributed by atoms with Crippen molar-refractivity contribution in [2.75, 3.05) is 11.5 Å². The Bertz CT molecular complexity index is 1160. The van der Waals surface area contributed by atoms with Crippen molar-refractivity contribution in [3.63, 3.8) is 0 Å². The molecule has 2 N–H and O–H groups in total. The van der Waals surface area contributed by atoms with Crippen molar-refractivity contribution in [3.8, 4) is 11.5 Å². The summed E-state index contributed by atoms with van der Waals surface area (Å²) in [6.07, 6.45) is 0. The molecule has 1 aliphatic heterocycles. The van der Waals surface area contributed by atoms with E-state index in [1.54, 1.807) is 24.3 Å². The Morgan fingerprint density at radius 3 is 2.69 bits per heavy atom. The van der Waals surface area contributed by atoms with Crippen molar-refractivity contribution in [1.82, 2.24) is 10.3 Å². The Morgan fingerprint density at radius 1 is 1.14 bits per heavy atom. The van der Waals surface area contributed by atoms with Gasteiger partial charge in [0, 0.05) is 11.9 Å². The topological polar surface area (TPSA) is 107 Å². The second kappa shape index (κ2) is 7.72. The lowest BCUT2D eigenvalue weighted by Crippen LogP contribution is -2.23. The van der Waals surface area contributed by atoms with Crippen molar-refractivity contribution < 1.29 is 22.7 Å². The van der Waals surface area contributed by atoms with Gasteiger partial charge in [-0.3, -0.25) is 9.52 Å². The van der Waals surface area contributed by atoms with Crippen LogP contribution in [0.1, 0.15) is 21.6 Å². The summed E-state index contributed by atoms with van der Waals surface area (Å²) in [6.45, 7) is 2.34. The highest BCUT2D eigenvalue weighted by molar-refractivity contribution is 7.93. The van der Waals surface area contributed by atoms with Gasteiger partial charge in [0.15, 0.2) is 16.6 Å². The fourth-order valence-corrected chi connectivity index (χ4v) is 4.58. The minimum Gasteiger partial charge on any atom is -0.454 e. The SMILES string of the molecule is Cc1ccc(S(=O)(=O)Nc2nc(C(=O)NCc3ccc4c(c3)OCO4)cs2)cc1. The van der Waals surface area contributed by atoms with E-state index in [1.165, 1.54) is 17.5 Å². The molecule has 2 heterocycles. The number of aryl methyl sites for hydroxylation is 1. The highest BCUT2D eigenvalue weighted by Crippen LogP contribution is 2.32. The van der Waals surface area contributed by atoms with E-state index >= 15 is 0 Å². The molecule has 0 fully saturated rings. The van der Waals surface area contributed by atoms with Gasteiger partial charge in [-0.05, 0) is 36.8 Å². The number of aromatic nitrogens is 1. The van der Waals surface area contributed by atoms with E-state index in [0.717, 1.165) is 22.5 Å². The zero-order valence-electron chi connectivity index (χ0n) is 15.3. The number of sulfonamides is 1. The molecule has 0 saturated carbocycles. The van der Waals surface area contributed by atoms with Gasteiger partial charge in [-0.1, -0.05) is 23.8 Å². The van der Waals surface area contributed by atoms with Crippen molar-refractivity contribution in [3.05, 3.63) is 64.7 Å². The predicted octanol–water partition coefficient (Wildman–Crippen LogP) is 2.91. The third-order valence-corrected chi connectivity index (χ3v) is 6.42. The maximum atomic E-state index is 12.4. The molecule has 2 aromatic carbocycles. The highest BCUT2D eigenvalue weighted by atomic mass is 32.2. The lowest BCUT2D eigenvalue weighted by molar-refractivity contribution is 0.0946. The number of rotatable bonds is 6. The van der Waals surface area contributed by atoms with E-state index in [1.807, 2.05) is 13.0 Å². The monoisotopic (exact) mass is 431 g/mol. The number of hydrogen-bond acceptors (Lipinski definition) is 7. The molecular formula is C19H17N3O5S2. The molecule has 4 rings (SSSR count). The summed E-state index contributed by atoms with van der Waals surface area (Å²) >= 11 is 1.04. The Morgan fingerprint density at radius 2 is 1.90 bits per heavy atom. The molecule has 0 atom stereocenters. The molecule has 1 aromatic heterocycles. The van der Waals surface area contributed by atoms with Gasteiger partial charge in [0.1, 0.15) is 5.69 Å². The number of ether oxygens (including phenoxy) is 2. The number of carbonyl (C=O) groups excluding carboxylic acids is 1. The summed E-state index contributed by atoms with van der Waals surface area (Å²) < 4.78 is 37.8. The van der Waals surface area contributed by atoms with E-state index < -0.39 is 15.9 Å². The van der Waals surface area contributed by atoms with Crippen LogP contribution in [0.4, 0.5) is 5.13 Å². The van der Waals surface area contributed by atoms with Crippen LogP contribution in [-0.4, -0.2) is 26.1 Å². The van der Waals surface area contributed by atoms with Crippen LogP contribution in [0.3, 0.4) is 0 Å². The van der Waals surface area contributed by atoms with Gasteiger partial charge in [-0.2, -0.15) is 0 Å². The first-order chi connectivity index (χ1) is 13.9. The van der Waals surface area contributed by atoms with E-state index in [0.29, 0.717) is 11.5 Å². The van der Waals surface area contributed by atoms with Crippen LogP contribution in [0.5, 0.6) is 11.5 Å². The average molecular weight is 431 g/mol.